The van der Waals surface area contributed by atoms with Crippen LogP contribution in [0.5, 0.6) is 5.75 Å². The zero-order valence-electron chi connectivity index (χ0n) is 19.2. The molecule has 0 atom stereocenters. The summed E-state index contributed by atoms with van der Waals surface area (Å²) in [6.45, 7) is 3.54. The Kier molecular flexibility index (Phi) is 6.10. The molecule has 0 spiro atoms. The lowest BCUT2D eigenvalue weighted by Crippen LogP contribution is -2.40. The second-order valence-corrected chi connectivity index (χ2v) is 9.40. The van der Waals surface area contributed by atoms with Crippen molar-refractivity contribution < 1.29 is 13.9 Å². The van der Waals surface area contributed by atoms with Crippen molar-refractivity contribution in [1.29, 1.82) is 0 Å². The fourth-order valence-electron chi connectivity index (χ4n) is 4.68. The normalized spacial score (nSPS) is 18.1. The van der Waals surface area contributed by atoms with Crippen LogP contribution in [-0.2, 0) is 10.2 Å². The van der Waals surface area contributed by atoms with Crippen LogP contribution >= 0.6 is 0 Å². The van der Waals surface area contributed by atoms with E-state index in [2.05, 4.69) is 9.88 Å². The number of carbonyl (C=O) groups is 1. The molecule has 2 fully saturated rings. The first-order valence-corrected chi connectivity index (χ1v) is 11.9. The first-order valence-electron chi connectivity index (χ1n) is 11.9. The van der Waals surface area contributed by atoms with Gasteiger partial charge in [0.05, 0.1) is 29.2 Å². The van der Waals surface area contributed by atoms with Gasteiger partial charge in [-0.05, 0) is 69.0 Å². The fraction of sp³-hybridized carbons (Fsp3) is 0.423. The largest absolute Gasteiger partial charge is 0.492 e. The molecule has 2 aliphatic rings. The highest BCUT2D eigenvalue weighted by Crippen LogP contribution is 2.47. The minimum atomic E-state index is -0.609. The smallest absolute Gasteiger partial charge is 0.339 e. The minimum absolute atomic E-state index is 0.325. The number of hydrogen-bond donors (Lipinski definition) is 2. The Morgan fingerprint density at radius 3 is 2.59 bits per heavy atom. The molecule has 34 heavy (non-hydrogen) atoms. The average molecular weight is 463 g/mol. The van der Waals surface area contributed by atoms with Gasteiger partial charge in [-0.25, -0.2) is 4.79 Å². The molecule has 5 rings (SSSR count). The molecule has 8 nitrogen and oxygen atoms in total. The summed E-state index contributed by atoms with van der Waals surface area (Å²) in [5.41, 5.74) is 13.4. The molecule has 1 aromatic carbocycles. The molecule has 0 radical (unpaired) electrons. The molecule has 1 aliphatic heterocycles. The maximum atomic E-state index is 12.2. The highest BCUT2D eigenvalue weighted by Gasteiger charge is 2.51. The Morgan fingerprint density at radius 2 is 1.91 bits per heavy atom. The Labute approximate surface area is 197 Å². The van der Waals surface area contributed by atoms with E-state index in [-0.39, 0.29) is 5.91 Å². The highest BCUT2D eigenvalue weighted by molar-refractivity contribution is 5.90. The number of primary amides is 1. The van der Waals surface area contributed by atoms with Crippen LogP contribution in [0.4, 0.5) is 0 Å². The van der Waals surface area contributed by atoms with Crippen LogP contribution < -0.4 is 21.8 Å². The Balaban J connectivity index is 1.28. The maximum Gasteiger partial charge on any atom is 0.339 e. The third-order valence-corrected chi connectivity index (χ3v) is 7.02. The van der Waals surface area contributed by atoms with Gasteiger partial charge in [-0.15, -0.1) is 0 Å². The lowest BCUT2D eigenvalue weighted by atomic mass is 9.99. The van der Waals surface area contributed by atoms with E-state index in [9.17, 15) is 9.59 Å². The van der Waals surface area contributed by atoms with E-state index < -0.39 is 11.0 Å². The average Bonchev–Trinajstić information content (AvgIpc) is 3.65. The predicted octanol–water partition coefficient (Wildman–Crippen LogP) is 2.56. The molecule has 1 saturated carbocycles. The summed E-state index contributed by atoms with van der Waals surface area (Å²) >= 11 is 0. The molecule has 4 N–H and O–H groups in total. The Bertz CT molecular complexity index is 1240. The number of hydrogen-bond acceptors (Lipinski definition) is 7. The van der Waals surface area contributed by atoms with Gasteiger partial charge in [0, 0.05) is 24.3 Å². The zero-order valence-corrected chi connectivity index (χ0v) is 19.2. The van der Waals surface area contributed by atoms with E-state index in [1.165, 1.54) is 6.07 Å². The van der Waals surface area contributed by atoms with Gasteiger partial charge in [0.1, 0.15) is 11.3 Å². The summed E-state index contributed by atoms with van der Waals surface area (Å²) in [5.74, 6) is 0.206. The number of amides is 1. The highest BCUT2D eigenvalue weighted by atomic mass is 16.5. The molecule has 178 valence electrons. The van der Waals surface area contributed by atoms with Gasteiger partial charge >= 0.3 is 5.63 Å². The maximum absolute atomic E-state index is 12.2. The van der Waals surface area contributed by atoms with Crippen molar-refractivity contribution in [3.05, 3.63) is 58.7 Å². The van der Waals surface area contributed by atoms with E-state index in [1.54, 1.807) is 6.20 Å². The van der Waals surface area contributed by atoms with Gasteiger partial charge in [0.15, 0.2) is 0 Å². The van der Waals surface area contributed by atoms with E-state index in [0.29, 0.717) is 29.7 Å². The van der Waals surface area contributed by atoms with Crippen LogP contribution in [-0.4, -0.2) is 48.1 Å². The van der Waals surface area contributed by atoms with Crippen LogP contribution in [0.3, 0.4) is 0 Å². The third kappa shape index (κ3) is 4.56. The predicted molar refractivity (Wildman–Crippen MR) is 130 cm³/mol. The zero-order chi connectivity index (χ0) is 23.7. The third-order valence-electron chi connectivity index (χ3n) is 7.02. The second kappa shape index (κ2) is 9.19. The molecule has 2 aromatic heterocycles. The topological polar surface area (TPSA) is 125 Å². The van der Waals surface area contributed by atoms with Crippen molar-refractivity contribution in [3.63, 3.8) is 0 Å². The van der Waals surface area contributed by atoms with Gasteiger partial charge < -0.3 is 25.5 Å². The van der Waals surface area contributed by atoms with Crippen molar-refractivity contribution in [2.75, 3.05) is 26.2 Å². The quantitative estimate of drug-likeness (QED) is 0.389. The molecule has 3 heterocycles. The number of piperidine rings is 1. The van der Waals surface area contributed by atoms with Gasteiger partial charge in [0.2, 0.25) is 5.91 Å². The van der Waals surface area contributed by atoms with Gasteiger partial charge in [-0.3, -0.25) is 9.78 Å². The van der Waals surface area contributed by atoms with Gasteiger partial charge in [-0.2, -0.15) is 0 Å². The molecule has 3 aromatic rings. The number of fused-ring (bicyclic) bond motifs is 1. The molecular weight excluding hydrogens is 432 g/mol. The van der Waals surface area contributed by atoms with Crippen LogP contribution in [0.25, 0.3) is 22.1 Å². The molecule has 1 amide bonds. The Morgan fingerprint density at radius 1 is 1.15 bits per heavy atom. The molecule has 1 saturated heterocycles. The fourth-order valence-corrected chi connectivity index (χ4v) is 4.68. The molecule has 1 aliphatic carbocycles. The molecular formula is C26H30N4O4. The summed E-state index contributed by atoms with van der Waals surface area (Å²) in [7, 11) is 0. The van der Waals surface area contributed by atoms with Crippen molar-refractivity contribution in [1.82, 2.24) is 9.88 Å². The first-order chi connectivity index (χ1) is 16.4. The van der Waals surface area contributed by atoms with Crippen LogP contribution in [0.1, 0.15) is 37.8 Å². The number of pyridine rings is 1. The summed E-state index contributed by atoms with van der Waals surface area (Å²) in [6.07, 6.45) is 6.16. The van der Waals surface area contributed by atoms with Crippen LogP contribution in [0, 0.1) is 0 Å². The van der Waals surface area contributed by atoms with E-state index in [0.717, 1.165) is 68.3 Å². The summed E-state index contributed by atoms with van der Waals surface area (Å²) in [5, 5.41) is 0.752. The van der Waals surface area contributed by atoms with Gasteiger partial charge in [0.25, 0.3) is 0 Å². The van der Waals surface area contributed by atoms with Crippen molar-refractivity contribution >= 4 is 16.9 Å². The number of likely N-dealkylation sites (tertiary alicyclic amines) is 1. The van der Waals surface area contributed by atoms with Crippen molar-refractivity contribution in [2.24, 2.45) is 11.5 Å². The first kappa shape index (κ1) is 22.6. The van der Waals surface area contributed by atoms with Crippen molar-refractivity contribution in [3.8, 4) is 16.9 Å². The lowest BCUT2D eigenvalue weighted by Gasteiger charge is -2.29. The number of benzene rings is 1. The number of carbonyl (C=O) groups excluding carboxylic acids is 1. The van der Waals surface area contributed by atoms with Crippen LogP contribution in [0.15, 0.2) is 51.8 Å². The van der Waals surface area contributed by atoms with Crippen molar-refractivity contribution in [2.45, 2.75) is 43.6 Å². The summed E-state index contributed by atoms with van der Waals surface area (Å²) < 4.78 is 11.4. The number of nitrogens with two attached hydrogens (primary N) is 2. The van der Waals surface area contributed by atoms with Gasteiger partial charge in [-0.1, -0.05) is 12.1 Å². The summed E-state index contributed by atoms with van der Waals surface area (Å²) in [4.78, 5) is 30.8. The lowest BCUT2D eigenvalue weighted by molar-refractivity contribution is -0.120. The second-order valence-electron chi connectivity index (χ2n) is 9.40. The Hall–Kier alpha value is -3.23. The number of aromatic nitrogens is 1. The molecule has 0 bridgehead atoms. The van der Waals surface area contributed by atoms with Crippen LogP contribution in [0.2, 0.25) is 0 Å². The molecule has 8 heteroatoms. The number of ether oxygens (including phenoxy) is 1. The van der Waals surface area contributed by atoms with E-state index in [4.69, 9.17) is 20.6 Å². The number of nitrogens with zero attached hydrogens (tertiary/aromatic N) is 2. The molecule has 0 unspecified atom stereocenters. The SMILES string of the molecule is NC(=O)C1(c2ccc(-c3ccc4c(OCCCN5CCC(N)CC5)cc(=O)oc4c3)cn2)CC1. The monoisotopic (exact) mass is 462 g/mol. The van der Waals surface area contributed by atoms with E-state index in [1.807, 2.05) is 30.3 Å². The summed E-state index contributed by atoms with van der Waals surface area (Å²) in [6, 6.07) is 11.2. The number of rotatable bonds is 8. The van der Waals surface area contributed by atoms with E-state index >= 15 is 0 Å². The minimum Gasteiger partial charge on any atom is -0.492 e. The standard InChI is InChI=1S/C26H30N4O4/c27-19-6-11-30(12-7-19)10-1-13-33-21-15-24(31)34-22-14-17(2-4-20(21)22)18-3-5-23(29-16-18)26(8-9-26)25(28)32/h2-5,14-16,19H,1,6-13,27H2,(H2,28,32).